The number of hydrogen-bond acceptors (Lipinski definition) is 4. The van der Waals surface area contributed by atoms with Gasteiger partial charge in [0, 0.05) is 17.9 Å². The summed E-state index contributed by atoms with van der Waals surface area (Å²) in [6.07, 6.45) is 6.92. The third-order valence-corrected chi connectivity index (χ3v) is 4.19. The van der Waals surface area contributed by atoms with Gasteiger partial charge in [-0.15, -0.1) is 0 Å². The third kappa shape index (κ3) is 3.56. The highest BCUT2D eigenvalue weighted by atomic mass is 15.1. The molecule has 1 aromatic carbocycles. The van der Waals surface area contributed by atoms with Gasteiger partial charge in [-0.2, -0.15) is 4.98 Å². The molecule has 1 aliphatic carbocycles. The topological polar surface area (TPSA) is 49.8 Å². The summed E-state index contributed by atoms with van der Waals surface area (Å²) >= 11 is 0. The van der Waals surface area contributed by atoms with E-state index in [0.717, 1.165) is 11.5 Å². The van der Waals surface area contributed by atoms with Crippen molar-refractivity contribution in [2.24, 2.45) is 0 Å². The van der Waals surface area contributed by atoms with Crippen molar-refractivity contribution in [1.82, 2.24) is 9.97 Å². The molecule has 4 nitrogen and oxygen atoms in total. The van der Waals surface area contributed by atoms with E-state index in [1.54, 1.807) is 0 Å². The van der Waals surface area contributed by atoms with Crippen LogP contribution in [0.2, 0.25) is 0 Å². The number of hydrogen-bond donors (Lipinski definition) is 2. The summed E-state index contributed by atoms with van der Waals surface area (Å²) in [5.41, 5.74) is 2.36. The largest absolute Gasteiger partial charge is 0.367 e. The molecule has 116 valence electrons. The fourth-order valence-corrected chi connectivity index (χ4v) is 3.01. The monoisotopic (exact) mass is 296 g/mol. The Morgan fingerprint density at radius 1 is 1.09 bits per heavy atom. The Morgan fingerprint density at radius 3 is 2.64 bits per heavy atom. The van der Waals surface area contributed by atoms with E-state index in [1.807, 2.05) is 18.3 Å². The molecule has 0 spiro atoms. The number of rotatable bonds is 5. The second-order valence-electron chi connectivity index (χ2n) is 6.26. The molecule has 2 N–H and O–H groups in total. The van der Waals surface area contributed by atoms with Crippen LogP contribution in [0.1, 0.15) is 51.0 Å². The van der Waals surface area contributed by atoms with E-state index in [1.165, 1.54) is 31.2 Å². The van der Waals surface area contributed by atoms with Crippen LogP contribution in [0.5, 0.6) is 0 Å². The van der Waals surface area contributed by atoms with Gasteiger partial charge in [-0.05, 0) is 36.5 Å². The first-order valence-corrected chi connectivity index (χ1v) is 8.18. The van der Waals surface area contributed by atoms with Crippen LogP contribution in [0.3, 0.4) is 0 Å². The van der Waals surface area contributed by atoms with Crippen LogP contribution in [0.15, 0.2) is 36.5 Å². The molecule has 0 bridgehead atoms. The molecular formula is C18H24N4. The molecule has 1 aliphatic rings. The van der Waals surface area contributed by atoms with Crippen LogP contribution in [0, 0.1) is 0 Å². The van der Waals surface area contributed by atoms with Gasteiger partial charge in [0.25, 0.3) is 0 Å². The second-order valence-corrected chi connectivity index (χ2v) is 6.26. The Kier molecular flexibility index (Phi) is 4.56. The van der Waals surface area contributed by atoms with E-state index >= 15 is 0 Å². The van der Waals surface area contributed by atoms with Gasteiger partial charge < -0.3 is 10.6 Å². The van der Waals surface area contributed by atoms with Gasteiger partial charge in [0.1, 0.15) is 5.82 Å². The van der Waals surface area contributed by atoms with Crippen LogP contribution in [-0.4, -0.2) is 16.0 Å². The normalized spacial score (nSPS) is 15.2. The molecule has 4 heteroatoms. The fourth-order valence-electron chi connectivity index (χ4n) is 3.01. The first-order chi connectivity index (χ1) is 10.7. The minimum atomic E-state index is 0.462. The highest BCUT2D eigenvalue weighted by Gasteiger charge is 2.15. The molecule has 0 radical (unpaired) electrons. The average Bonchev–Trinajstić information content (AvgIpc) is 3.01. The van der Waals surface area contributed by atoms with E-state index in [-0.39, 0.29) is 0 Å². The Hall–Kier alpha value is -2.10. The van der Waals surface area contributed by atoms with Gasteiger partial charge in [-0.25, -0.2) is 4.98 Å². The number of nitrogens with zero attached hydrogens (tertiary/aromatic N) is 2. The Labute approximate surface area is 132 Å². The zero-order valence-corrected chi connectivity index (χ0v) is 13.3. The summed E-state index contributed by atoms with van der Waals surface area (Å²) < 4.78 is 0. The van der Waals surface area contributed by atoms with Crippen molar-refractivity contribution in [3.05, 3.63) is 42.1 Å². The minimum Gasteiger partial charge on any atom is -0.367 e. The maximum Gasteiger partial charge on any atom is 0.229 e. The smallest absolute Gasteiger partial charge is 0.229 e. The van der Waals surface area contributed by atoms with Crippen LogP contribution in [0.4, 0.5) is 17.5 Å². The van der Waals surface area contributed by atoms with Gasteiger partial charge >= 0.3 is 0 Å². The van der Waals surface area contributed by atoms with Crippen molar-refractivity contribution in [3.8, 4) is 0 Å². The molecule has 0 aliphatic heterocycles. The number of benzene rings is 1. The summed E-state index contributed by atoms with van der Waals surface area (Å²) in [5, 5.41) is 6.87. The maximum atomic E-state index is 4.60. The lowest BCUT2D eigenvalue weighted by Crippen LogP contribution is -2.16. The Morgan fingerprint density at radius 2 is 1.86 bits per heavy atom. The molecular weight excluding hydrogens is 272 g/mol. The fraction of sp³-hybridized carbons (Fsp3) is 0.444. The lowest BCUT2D eigenvalue weighted by Gasteiger charge is -2.15. The molecule has 2 aromatic rings. The van der Waals surface area contributed by atoms with Crippen molar-refractivity contribution < 1.29 is 0 Å². The second kappa shape index (κ2) is 6.77. The van der Waals surface area contributed by atoms with E-state index in [9.17, 15) is 0 Å². The van der Waals surface area contributed by atoms with Crippen molar-refractivity contribution in [2.45, 2.75) is 51.5 Å². The summed E-state index contributed by atoms with van der Waals surface area (Å²) in [7, 11) is 0. The lowest BCUT2D eigenvalue weighted by molar-refractivity contribution is 0.750. The van der Waals surface area contributed by atoms with Gasteiger partial charge in [0.05, 0.1) is 0 Å². The summed E-state index contributed by atoms with van der Waals surface area (Å²) in [4.78, 5) is 8.95. The molecule has 1 saturated carbocycles. The molecule has 1 heterocycles. The molecule has 0 amide bonds. The number of nitrogens with one attached hydrogen (secondary N) is 2. The van der Waals surface area contributed by atoms with Crippen LogP contribution >= 0.6 is 0 Å². The first-order valence-electron chi connectivity index (χ1n) is 8.18. The van der Waals surface area contributed by atoms with Gasteiger partial charge in [-0.3, -0.25) is 0 Å². The van der Waals surface area contributed by atoms with E-state index < -0.39 is 0 Å². The van der Waals surface area contributed by atoms with E-state index in [4.69, 9.17) is 0 Å². The standard InChI is InChI=1S/C18H24N4/c1-13(2)15-9-5-6-10-16(15)21-18-19-12-11-17(22-18)20-14-7-3-4-8-14/h5-6,9-14H,3-4,7-8H2,1-2H3,(H2,19,20,21,22). The summed E-state index contributed by atoms with van der Waals surface area (Å²) in [5.74, 6) is 2.02. The summed E-state index contributed by atoms with van der Waals surface area (Å²) in [6.45, 7) is 4.39. The predicted octanol–water partition coefficient (Wildman–Crippen LogP) is 4.70. The molecule has 22 heavy (non-hydrogen) atoms. The van der Waals surface area contributed by atoms with Crippen molar-refractivity contribution >= 4 is 17.5 Å². The van der Waals surface area contributed by atoms with Crippen molar-refractivity contribution in [1.29, 1.82) is 0 Å². The minimum absolute atomic E-state index is 0.462. The molecule has 1 fully saturated rings. The highest BCUT2D eigenvalue weighted by molar-refractivity contribution is 5.60. The quantitative estimate of drug-likeness (QED) is 0.839. The van der Waals surface area contributed by atoms with Crippen LogP contribution < -0.4 is 10.6 Å². The zero-order valence-electron chi connectivity index (χ0n) is 13.3. The van der Waals surface area contributed by atoms with Gasteiger partial charge in [0.2, 0.25) is 5.95 Å². The van der Waals surface area contributed by atoms with Crippen LogP contribution in [0.25, 0.3) is 0 Å². The molecule has 1 aromatic heterocycles. The van der Waals surface area contributed by atoms with Gasteiger partial charge in [-0.1, -0.05) is 44.9 Å². The zero-order chi connectivity index (χ0) is 15.4. The third-order valence-electron chi connectivity index (χ3n) is 4.19. The highest BCUT2D eigenvalue weighted by Crippen LogP contribution is 2.26. The molecule has 0 unspecified atom stereocenters. The Balaban J connectivity index is 1.75. The van der Waals surface area contributed by atoms with Gasteiger partial charge in [0.15, 0.2) is 0 Å². The average molecular weight is 296 g/mol. The number of para-hydroxylation sites is 1. The number of aromatic nitrogens is 2. The Bertz CT molecular complexity index is 618. The molecule has 0 atom stereocenters. The SMILES string of the molecule is CC(C)c1ccccc1Nc1nccc(NC2CCCC2)n1. The van der Waals surface area contributed by atoms with E-state index in [2.05, 4.69) is 52.6 Å². The predicted molar refractivity (Wildman–Crippen MR) is 91.7 cm³/mol. The van der Waals surface area contributed by atoms with Crippen molar-refractivity contribution in [2.75, 3.05) is 10.6 Å². The maximum absolute atomic E-state index is 4.60. The van der Waals surface area contributed by atoms with E-state index in [0.29, 0.717) is 17.9 Å². The lowest BCUT2D eigenvalue weighted by atomic mass is 10.0. The molecule has 0 saturated heterocycles. The van der Waals surface area contributed by atoms with Crippen molar-refractivity contribution in [3.63, 3.8) is 0 Å². The molecule has 3 rings (SSSR count). The van der Waals surface area contributed by atoms with Crippen LogP contribution in [-0.2, 0) is 0 Å². The first kappa shape index (κ1) is 14.8. The summed E-state index contributed by atoms with van der Waals surface area (Å²) in [6, 6.07) is 10.8. The number of anilines is 3.